The highest BCUT2D eigenvalue weighted by Crippen LogP contribution is 1.97. The summed E-state index contributed by atoms with van der Waals surface area (Å²) in [6.07, 6.45) is 0. The zero-order valence-electron chi connectivity index (χ0n) is 11.3. The van der Waals surface area contributed by atoms with Gasteiger partial charge in [0.1, 0.15) is 6.04 Å². The summed E-state index contributed by atoms with van der Waals surface area (Å²) < 4.78 is 0. The van der Waals surface area contributed by atoms with E-state index in [0.29, 0.717) is 5.56 Å². The molecule has 0 aliphatic heterocycles. The number of hydrogen-bond acceptors (Lipinski definition) is 4. The molecule has 108 valence electrons. The van der Waals surface area contributed by atoms with Crippen molar-refractivity contribution in [3.05, 3.63) is 35.9 Å². The number of amides is 2. The van der Waals surface area contributed by atoms with Crippen LogP contribution < -0.4 is 10.9 Å². The Morgan fingerprint density at radius 2 is 1.80 bits per heavy atom. The van der Waals surface area contributed by atoms with Gasteiger partial charge in [-0.15, -0.1) is 0 Å². The maximum atomic E-state index is 11.6. The van der Waals surface area contributed by atoms with Crippen LogP contribution in [0.1, 0.15) is 17.3 Å². The van der Waals surface area contributed by atoms with E-state index in [4.69, 9.17) is 5.11 Å². The number of carbonyl (C=O) groups is 3. The number of carboxylic acids is 1. The molecule has 1 rings (SSSR count). The molecule has 1 aromatic rings. The first-order valence-corrected chi connectivity index (χ1v) is 5.99. The smallest absolute Gasteiger partial charge is 0.320 e. The Hall–Kier alpha value is -2.41. The molecule has 0 aromatic heterocycles. The van der Waals surface area contributed by atoms with Gasteiger partial charge in [-0.25, -0.2) is 0 Å². The highest BCUT2D eigenvalue weighted by atomic mass is 16.4. The topological polar surface area (TPSA) is 98.7 Å². The second kappa shape index (κ2) is 7.25. The van der Waals surface area contributed by atoms with E-state index < -0.39 is 23.8 Å². The number of hydrogen-bond donors (Lipinski definition) is 3. The number of likely N-dealkylation sites (N-methyl/N-ethyl adjacent to an activating group) is 1. The number of benzene rings is 1. The lowest BCUT2D eigenvalue weighted by Gasteiger charge is -2.20. The van der Waals surface area contributed by atoms with Gasteiger partial charge in [-0.3, -0.25) is 30.1 Å². The van der Waals surface area contributed by atoms with Crippen LogP contribution >= 0.6 is 0 Å². The minimum Gasteiger partial charge on any atom is -0.480 e. The van der Waals surface area contributed by atoms with E-state index >= 15 is 0 Å². The quantitative estimate of drug-likeness (QED) is 0.651. The zero-order valence-corrected chi connectivity index (χ0v) is 11.3. The molecule has 1 unspecified atom stereocenters. The Morgan fingerprint density at radius 3 is 2.35 bits per heavy atom. The van der Waals surface area contributed by atoms with Crippen LogP contribution in [0.4, 0.5) is 0 Å². The van der Waals surface area contributed by atoms with E-state index in [1.165, 1.54) is 18.9 Å². The average Bonchev–Trinajstić information content (AvgIpc) is 2.44. The van der Waals surface area contributed by atoms with E-state index in [2.05, 4.69) is 10.9 Å². The first-order chi connectivity index (χ1) is 9.41. The normalized spacial score (nSPS) is 11.8. The molecule has 1 aromatic carbocycles. The molecule has 0 spiro atoms. The van der Waals surface area contributed by atoms with Crippen molar-refractivity contribution in [3.8, 4) is 0 Å². The first kappa shape index (κ1) is 15.6. The van der Waals surface area contributed by atoms with E-state index in [1.807, 2.05) is 0 Å². The van der Waals surface area contributed by atoms with Gasteiger partial charge in [0.15, 0.2) is 0 Å². The Kier molecular flexibility index (Phi) is 5.67. The Bertz CT molecular complexity index is 490. The standard InChI is InChI=1S/C13H17N3O4/c1-9(13(19)20)16(2)8-11(17)14-15-12(18)10-6-4-3-5-7-10/h3-7,9H,8H2,1-2H3,(H,14,17)(H,15,18)(H,19,20). The van der Waals surface area contributed by atoms with Crippen LogP contribution in [0.25, 0.3) is 0 Å². The van der Waals surface area contributed by atoms with Gasteiger partial charge >= 0.3 is 5.97 Å². The molecule has 0 radical (unpaired) electrons. The summed E-state index contributed by atoms with van der Waals surface area (Å²) in [5.41, 5.74) is 4.91. The second-order valence-electron chi connectivity index (χ2n) is 4.30. The van der Waals surface area contributed by atoms with Crippen LogP contribution in [-0.2, 0) is 9.59 Å². The van der Waals surface area contributed by atoms with Crippen molar-refractivity contribution in [1.29, 1.82) is 0 Å². The average molecular weight is 279 g/mol. The van der Waals surface area contributed by atoms with Gasteiger partial charge in [0.2, 0.25) is 0 Å². The Labute approximate surface area is 116 Å². The van der Waals surface area contributed by atoms with E-state index in [-0.39, 0.29) is 6.54 Å². The predicted octanol–water partition coefficient (Wildman–Crippen LogP) is -0.147. The van der Waals surface area contributed by atoms with Crippen LogP contribution in [0.2, 0.25) is 0 Å². The summed E-state index contributed by atoms with van der Waals surface area (Å²) in [6, 6.07) is 7.63. The summed E-state index contributed by atoms with van der Waals surface area (Å²) in [7, 11) is 1.51. The largest absolute Gasteiger partial charge is 0.480 e. The maximum absolute atomic E-state index is 11.6. The summed E-state index contributed by atoms with van der Waals surface area (Å²) in [4.78, 5) is 35.3. The number of nitrogens with one attached hydrogen (secondary N) is 2. The second-order valence-corrected chi connectivity index (χ2v) is 4.30. The SMILES string of the molecule is CC(C(=O)O)N(C)CC(=O)NNC(=O)c1ccccc1. The third-order valence-corrected chi connectivity index (χ3v) is 2.76. The Morgan fingerprint density at radius 1 is 1.20 bits per heavy atom. The van der Waals surface area contributed by atoms with Crippen LogP contribution in [0.15, 0.2) is 30.3 Å². The van der Waals surface area contributed by atoms with Crippen molar-refractivity contribution in [2.75, 3.05) is 13.6 Å². The van der Waals surface area contributed by atoms with Crippen LogP contribution in [0.5, 0.6) is 0 Å². The fourth-order valence-corrected chi connectivity index (χ4v) is 1.38. The summed E-state index contributed by atoms with van der Waals surface area (Å²) in [5, 5.41) is 8.79. The van der Waals surface area contributed by atoms with Crippen molar-refractivity contribution in [1.82, 2.24) is 15.8 Å². The minimum atomic E-state index is -1.02. The fraction of sp³-hybridized carbons (Fsp3) is 0.308. The molecule has 0 bridgehead atoms. The van der Waals surface area contributed by atoms with Crippen LogP contribution in [0.3, 0.4) is 0 Å². The Balaban J connectivity index is 2.40. The van der Waals surface area contributed by atoms with E-state index in [0.717, 1.165) is 0 Å². The molecule has 1 atom stereocenters. The monoisotopic (exact) mass is 279 g/mol. The molecule has 0 fully saturated rings. The lowest BCUT2D eigenvalue weighted by Crippen LogP contribution is -2.48. The van der Waals surface area contributed by atoms with Gasteiger partial charge < -0.3 is 5.11 Å². The highest BCUT2D eigenvalue weighted by Gasteiger charge is 2.19. The van der Waals surface area contributed by atoms with Gasteiger partial charge in [0, 0.05) is 5.56 Å². The molecule has 0 aliphatic carbocycles. The lowest BCUT2D eigenvalue weighted by molar-refractivity contribution is -0.142. The highest BCUT2D eigenvalue weighted by molar-refractivity contribution is 5.95. The predicted molar refractivity (Wildman–Crippen MR) is 71.8 cm³/mol. The van der Waals surface area contributed by atoms with Crippen molar-refractivity contribution < 1.29 is 19.5 Å². The van der Waals surface area contributed by atoms with Gasteiger partial charge in [0.05, 0.1) is 6.54 Å². The molecule has 7 heteroatoms. The van der Waals surface area contributed by atoms with Gasteiger partial charge in [-0.2, -0.15) is 0 Å². The van der Waals surface area contributed by atoms with Crippen molar-refractivity contribution in [3.63, 3.8) is 0 Å². The van der Waals surface area contributed by atoms with Gasteiger partial charge in [-0.05, 0) is 26.1 Å². The lowest BCUT2D eigenvalue weighted by atomic mass is 10.2. The zero-order chi connectivity index (χ0) is 15.1. The van der Waals surface area contributed by atoms with E-state index in [9.17, 15) is 14.4 Å². The molecule has 0 saturated heterocycles. The number of nitrogens with zero attached hydrogens (tertiary/aromatic N) is 1. The van der Waals surface area contributed by atoms with E-state index in [1.54, 1.807) is 30.3 Å². The summed E-state index contributed by atoms with van der Waals surface area (Å²) in [5.74, 6) is -1.95. The number of hydrazine groups is 1. The molecule has 0 heterocycles. The van der Waals surface area contributed by atoms with Crippen molar-refractivity contribution >= 4 is 17.8 Å². The van der Waals surface area contributed by atoms with Crippen molar-refractivity contribution in [2.45, 2.75) is 13.0 Å². The third kappa shape index (κ3) is 4.69. The summed E-state index contributed by atoms with van der Waals surface area (Å²) in [6.45, 7) is 1.33. The third-order valence-electron chi connectivity index (χ3n) is 2.76. The number of carbonyl (C=O) groups excluding carboxylic acids is 2. The van der Waals surface area contributed by atoms with Gasteiger partial charge in [-0.1, -0.05) is 18.2 Å². The number of carboxylic acid groups (broad SMARTS) is 1. The van der Waals surface area contributed by atoms with Crippen LogP contribution in [0, 0.1) is 0 Å². The molecular weight excluding hydrogens is 262 g/mol. The molecule has 2 amide bonds. The molecule has 0 saturated carbocycles. The summed E-state index contributed by atoms with van der Waals surface area (Å²) >= 11 is 0. The van der Waals surface area contributed by atoms with Crippen molar-refractivity contribution in [2.24, 2.45) is 0 Å². The molecule has 7 nitrogen and oxygen atoms in total. The fourth-order valence-electron chi connectivity index (χ4n) is 1.38. The molecule has 20 heavy (non-hydrogen) atoms. The number of rotatable bonds is 5. The molecular formula is C13H17N3O4. The maximum Gasteiger partial charge on any atom is 0.320 e. The molecule has 3 N–H and O–H groups in total. The number of aliphatic carboxylic acids is 1. The molecule has 0 aliphatic rings. The first-order valence-electron chi connectivity index (χ1n) is 5.99. The minimum absolute atomic E-state index is 0.136. The van der Waals surface area contributed by atoms with Crippen LogP contribution in [-0.4, -0.2) is 47.4 Å². The van der Waals surface area contributed by atoms with Gasteiger partial charge in [0.25, 0.3) is 11.8 Å².